The van der Waals surface area contributed by atoms with Crippen LogP contribution in [0.2, 0.25) is 0 Å². The maximum absolute atomic E-state index is 5.84. The molecule has 0 aromatic heterocycles. The molecule has 1 saturated carbocycles. The van der Waals surface area contributed by atoms with Crippen molar-refractivity contribution in [3.05, 3.63) is 28.8 Å². The normalized spacial score (nSPS) is 17.2. The largest absolute Gasteiger partial charge is 0.496 e. The standard InChI is InChI=1S/C14H21NO/c1-10-6-11(2)13(16-3)12(7-10)8-14(9-15)4-5-14/h6-7H,4-5,8-9,15H2,1-3H3. The van der Waals surface area contributed by atoms with E-state index in [0.29, 0.717) is 5.41 Å². The molecule has 0 bridgehead atoms. The van der Waals surface area contributed by atoms with Crippen LogP contribution in [-0.4, -0.2) is 13.7 Å². The van der Waals surface area contributed by atoms with Gasteiger partial charge in [-0.05, 0) is 56.2 Å². The molecular weight excluding hydrogens is 198 g/mol. The Morgan fingerprint density at radius 2 is 2.00 bits per heavy atom. The average Bonchev–Trinajstić information content (AvgIpc) is 2.98. The first-order valence-corrected chi connectivity index (χ1v) is 5.94. The molecule has 16 heavy (non-hydrogen) atoms. The average molecular weight is 219 g/mol. The number of hydrogen-bond donors (Lipinski definition) is 1. The Morgan fingerprint density at radius 3 is 2.50 bits per heavy atom. The second kappa shape index (κ2) is 4.10. The van der Waals surface area contributed by atoms with Gasteiger partial charge in [-0.25, -0.2) is 0 Å². The van der Waals surface area contributed by atoms with Crippen molar-refractivity contribution in [2.45, 2.75) is 33.1 Å². The molecule has 0 aliphatic heterocycles. The van der Waals surface area contributed by atoms with E-state index in [0.717, 1.165) is 18.7 Å². The van der Waals surface area contributed by atoms with Gasteiger partial charge in [-0.15, -0.1) is 0 Å². The van der Waals surface area contributed by atoms with Crippen LogP contribution in [0.1, 0.15) is 29.5 Å². The number of aryl methyl sites for hydroxylation is 2. The van der Waals surface area contributed by atoms with Crippen LogP contribution >= 0.6 is 0 Å². The van der Waals surface area contributed by atoms with Crippen LogP contribution in [0.3, 0.4) is 0 Å². The first-order chi connectivity index (χ1) is 7.60. The Labute approximate surface area is 97.8 Å². The lowest BCUT2D eigenvalue weighted by Crippen LogP contribution is -2.18. The van der Waals surface area contributed by atoms with Gasteiger partial charge in [0.05, 0.1) is 7.11 Å². The summed E-state index contributed by atoms with van der Waals surface area (Å²) >= 11 is 0. The van der Waals surface area contributed by atoms with Crippen molar-refractivity contribution < 1.29 is 4.74 Å². The summed E-state index contributed by atoms with van der Waals surface area (Å²) in [6.07, 6.45) is 3.59. The highest BCUT2D eigenvalue weighted by Crippen LogP contribution is 2.48. The van der Waals surface area contributed by atoms with Crippen LogP contribution < -0.4 is 10.5 Å². The number of hydrogen-bond acceptors (Lipinski definition) is 2. The highest BCUT2D eigenvalue weighted by Gasteiger charge is 2.41. The van der Waals surface area contributed by atoms with Gasteiger partial charge < -0.3 is 10.5 Å². The molecule has 2 rings (SSSR count). The Balaban J connectivity index is 2.31. The number of rotatable bonds is 4. The van der Waals surface area contributed by atoms with E-state index < -0.39 is 0 Å². The van der Waals surface area contributed by atoms with Gasteiger partial charge in [0.15, 0.2) is 0 Å². The molecule has 0 atom stereocenters. The Hall–Kier alpha value is -1.02. The minimum absolute atomic E-state index is 0.369. The predicted octanol–water partition coefficient (Wildman–Crippen LogP) is 2.59. The van der Waals surface area contributed by atoms with Crippen LogP contribution in [0.25, 0.3) is 0 Å². The fourth-order valence-electron chi connectivity index (χ4n) is 2.50. The summed E-state index contributed by atoms with van der Waals surface area (Å²) < 4.78 is 5.51. The second-order valence-corrected chi connectivity index (χ2v) is 5.16. The fourth-order valence-corrected chi connectivity index (χ4v) is 2.50. The van der Waals surface area contributed by atoms with Gasteiger partial charge in [0.25, 0.3) is 0 Å². The van der Waals surface area contributed by atoms with Gasteiger partial charge >= 0.3 is 0 Å². The third-order valence-electron chi connectivity index (χ3n) is 3.66. The summed E-state index contributed by atoms with van der Waals surface area (Å²) in [6, 6.07) is 4.41. The topological polar surface area (TPSA) is 35.2 Å². The van der Waals surface area contributed by atoms with E-state index in [1.54, 1.807) is 7.11 Å². The zero-order valence-electron chi connectivity index (χ0n) is 10.5. The third-order valence-corrected chi connectivity index (χ3v) is 3.66. The van der Waals surface area contributed by atoms with Crippen molar-refractivity contribution in [2.24, 2.45) is 11.1 Å². The molecule has 1 aromatic carbocycles. The molecule has 2 nitrogen and oxygen atoms in total. The first-order valence-electron chi connectivity index (χ1n) is 5.94. The van der Waals surface area contributed by atoms with E-state index >= 15 is 0 Å². The molecule has 1 aliphatic rings. The molecule has 1 fully saturated rings. The van der Waals surface area contributed by atoms with E-state index in [2.05, 4.69) is 26.0 Å². The lowest BCUT2D eigenvalue weighted by Gasteiger charge is -2.17. The Bertz CT molecular complexity index is 394. The Morgan fingerprint density at radius 1 is 1.31 bits per heavy atom. The minimum Gasteiger partial charge on any atom is -0.496 e. The van der Waals surface area contributed by atoms with Crippen LogP contribution in [0, 0.1) is 19.3 Å². The lowest BCUT2D eigenvalue weighted by molar-refractivity contribution is 0.399. The highest BCUT2D eigenvalue weighted by atomic mass is 16.5. The van der Waals surface area contributed by atoms with Crippen molar-refractivity contribution >= 4 is 0 Å². The molecular formula is C14H21NO. The van der Waals surface area contributed by atoms with Crippen molar-refractivity contribution in [3.8, 4) is 5.75 Å². The molecule has 0 saturated heterocycles. The maximum Gasteiger partial charge on any atom is 0.124 e. The fraction of sp³-hybridized carbons (Fsp3) is 0.571. The molecule has 2 N–H and O–H groups in total. The number of nitrogens with two attached hydrogens (primary N) is 1. The van der Waals surface area contributed by atoms with Gasteiger partial charge in [0.1, 0.15) is 5.75 Å². The van der Waals surface area contributed by atoms with E-state index in [-0.39, 0.29) is 0 Å². The van der Waals surface area contributed by atoms with Crippen molar-refractivity contribution in [2.75, 3.05) is 13.7 Å². The Kier molecular flexibility index (Phi) is 2.94. The zero-order chi connectivity index (χ0) is 11.8. The van der Waals surface area contributed by atoms with Crippen LogP contribution in [0.15, 0.2) is 12.1 Å². The van der Waals surface area contributed by atoms with E-state index in [9.17, 15) is 0 Å². The van der Waals surface area contributed by atoms with Gasteiger partial charge in [0.2, 0.25) is 0 Å². The summed E-state index contributed by atoms with van der Waals surface area (Å²) in [5, 5.41) is 0. The summed E-state index contributed by atoms with van der Waals surface area (Å²) in [7, 11) is 1.75. The highest BCUT2D eigenvalue weighted by molar-refractivity contribution is 5.44. The number of benzene rings is 1. The SMILES string of the molecule is COc1c(C)cc(C)cc1CC1(CN)CC1. The van der Waals surface area contributed by atoms with Crippen LogP contribution in [0.5, 0.6) is 5.75 Å². The van der Waals surface area contributed by atoms with Crippen molar-refractivity contribution in [1.82, 2.24) is 0 Å². The van der Waals surface area contributed by atoms with Crippen LogP contribution in [0.4, 0.5) is 0 Å². The molecule has 88 valence electrons. The zero-order valence-corrected chi connectivity index (χ0v) is 10.5. The maximum atomic E-state index is 5.84. The predicted molar refractivity (Wildman–Crippen MR) is 66.9 cm³/mol. The van der Waals surface area contributed by atoms with Gasteiger partial charge in [-0.3, -0.25) is 0 Å². The summed E-state index contributed by atoms with van der Waals surface area (Å²) in [5.74, 6) is 1.05. The van der Waals surface area contributed by atoms with E-state index in [1.807, 2.05) is 0 Å². The molecule has 1 aliphatic carbocycles. The summed E-state index contributed by atoms with van der Waals surface area (Å²) in [4.78, 5) is 0. The molecule has 1 aromatic rings. The van der Waals surface area contributed by atoms with Gasteiger partial charge in [-0.2, -0.15) is 0 Å². The second-order valence-electron chi connectivity index (χ2n) is 5.16. The minimum atomic E-state index is 0.369. The van der Waals surface area contributed by atoms with E-state index in [4.69, 9.17) is 10.5 Å². The van der Waals surface area contributed by atoms with Gasteiger partial charge in [-0.1, -0.05) is 17.7 Å². The monoisotopic (exact) mass is 219 g/mol. The quantitative estimate of drug-likeness (QED) is 0.844. The molecule has 0 radical (unpaired) electrons. The first kappa shape index (κ1) is 11.5. The number of ether oxygens (including phenoxy) is 1. The third kappa shape index (κ3) is 2.07. The summed E-state index contributed by atoms with van der Waals surface area (Å²) in [6.45, 7) is 5.04. The molecule has 0 amide bonds. The van der Waals surface area contributed by atoms with Crippen molar-refractivity contribution in [1.29, 1.82) is 0 Å². The molecule has 2 heteroatoms. The van der Waals surface area contributed by atoms with Gasteiger partial charge in [0, 0.05) is 0 Å². The van der Waals surface area contributed by atoms with Crippen molar-refractivity contribution in [3.63, 3.8) is 0 Å². The van der Waals surface area contributed by atoms with Crippen LogP contribution in [-0.2, 0) is 6.42 Å². The molecule has 0 unspecified atom stereocenters. The number of methoxy groups -OCH3 is 1. The molecule has 0 spiro atoms. The smallest absolute Gasteiger partial charge is 0.124 e. The van der Waals surface area contributed by atoms with E-state index in [1.165, 1.54) is 29.5 Å². The molecule has 0 heterocycles. The lowest BCUT2D eigenvalue weighted by atomic mass is 9.93. The summed E-state index contributed by atoms with van der Waals surface area (Å²) in [5.41, 5.74) is 10.1.